The third-order valence-electron chi connectivity index (χ3n) is 8.09. The Labute approximate surface area is 166 Å². The lowest BCUT2D eigenvalue weighted by molar-refractivity contribution is -0.214. The van der Waals surface area contributed by atoms with E-state index in [4.69, 9.17) is 10.2 Å². The predicted octanol–water partition coefficient (Wildman–Crippen LogP) is 2.85. The molecule has 4 bridgehead atoms. The summed E-state index contributed by atoms with van der Waals surface area (Å²) in [5.41, 5.74) is -1.19. The predicted molar refractivity (Wildman–Crippen MR) is 103 cm³/mol. The number of aliphatic carboxylic acids is 2. The fourth-order valence-electron chi connectivity index (χ4n) is 7.30. The van der Waals surface area contributed by atoms with Crippen molar-refractivity contribution in [2.24, 2.45) is 35.5 Å². The van der Waals surface area contributed by atoms with Crippen molar-refractivity contribution in [1.82, 2.24) is 0 Å². The van der Waals surface area contributed by atoms with Gasteiger partial charge in [-0.3, -0.25) is 0 Å². The van der Waals surface area contributed by atoms with Gasteiger partial charge in [-0.2, -0.15) is 0 Å². The number of aliphatic hydroxyl groups is 2. The Balaban J connectivity index is 0.000000173. The fourth-order valence-corrected chi connectivity index (χ4v) is 7.30. The first-order chi connectivity index (χ1) is 13.1. The van der Waals surface area contributed by atoms with E-state index in [1.54, 1.807) is 0 Å². The molecule has 156 valence electrons. The number of rotatable bonds is 2. The molecule has 0 aliphatic heterocycles. The molecule has 0 amide bonds. The lowest BCUT2D eigenvalue weighted by Gasteiger charge is -2.51. The topological polar surface area (TPSA) is 115 Å². The summed E-state index contributed by atoms with van der Waals surface area (Å²) in [4.78, 5) is 18.8. The van der Waals surface area contributed by atoms with E-state index in [9.17, 15) is 19.8 Å². The highest BCUT2D eigenvalue weighted by Gasteiger charge is 2.80. The van der Waals surface area contributed by atoms with Gasteiger partial charge >= 0.3 is 11.9 Å². The maximum Gasteiger partial charge on any atom is 0.330 e. The maximum absolute atomic E-state index is 11.3. The minimum atomic E-state index is -0.981. The molecule has 5 rings (SSSR count). The third-order valence-corrected chi connectivity index (χ3v) is 8.09. The molecule has 4 N–H and O–H groups in total. The van der Waals surface area contributed by atoms with E-state index in [0.717, 1.165) is 24.3 Å². The average molecular weight is 392 g/mol. The molecule has 5 saturated carbocycles. The van der Waals surface area contributed by atoms with E-state index in [0.29, 0.717) is 23.7 Å². The standard InChI is InChI=1S/C15H22O2.C4H6O2.C3H4O2/c16-14-7-11(10-2-1-3-12(10)14)13-8-4-5-9(6-8)15(13,14)17;1-3(2)4(5)6;1-2-3(4)5/h8-13,16-17H,1-7H2;1H2,2H3,(H,5,6);2H,1H2,(H,4,5). The first-order valence-electron chi connectivity index (χ1n) is 10.3. The first kappa shape index (κ1) is 21.1. The molecular weight excluding hydrogens is 360 g/mol. The van der Waals surface area contributed by atoms with Gasteiger partial charge in [0.15, 0.2) is 0 Å². The van der Waals surface area contributed by atoms with Crippen LogP contribution in [0.25, 0.3) is 0 Å². The Hall–Kier alpha value is -1.66. The van der Waals surface area contributed by atoms with Crippen molar-refractivity contribution in [1.29, 1.82) is 0 Å². The fraction of sp³-hybridized carbons (Fsp3) is 0.727. The van der Waals surface area contributed by atoms with E-state index >= 15 is 0 Å². The molecule has 0 aromatic rings. The van der Waals surface area contributed by atoms with Crippen LogP contribution in [0.15, 0.2) is 24.8 Å². The largest absolute Gasteiger partial charge is 0.478 e. The van der Waals surface area contributed by atoms with Crippen molar-refractivity contribution in [3.05, 3.63) is 24.8 Å². The van der Waals surface area contributed by atoms with Crippen LogP contribution in [0.3, 0.4) is 0 Å². The van der Waals surface area contributed by atoms with Crippen LogP contribution in [0.5, 0.6) is 0 Å². The first-order valence-corrected chi connectivity index (χ1v) is 10.3. The van der Waals surface area contributed by atoms with Crippen LogP contribution in [-0.2, 0) is 9.59 Å². The van der Waals surface area contributed by atoms with E-state index < -0.39 is 23.1 Å². The highest BCUT2D eigenvalue weighted by Crippen LogP contribution is 2.75. The second-order valence-electron chi connectivity index (χ2n) is 9.24. The molecular formula is C22H32O6. The van der Waals surface area contributed by atoms with E-state index in [2.05, 4.69) is 13.2 Å². The van der Waals surface area contributed by atoms with Crippen molar-refractivity contribution >= 4 is 11.9 Å². The van der Waals surface area contributed by atoms with Crippen molar-refractivity contribution in [3.8, 4) is 0 Å². The molecule has 0 aromatic heterocycles. The van der Waals surface area contributed by atoms with Crippen LogP contribution in [0.2, 0.25) is 0 Å². The quantitative estimate of drug-likeness (QED) is 0.424. The van der Waals surface area contributed by atoms with Crippen LogP contribution in [-0.4, -0.2) is 43.6 Å². The van der Waals surface area contributed by atoms with Gasteiger partial charge in [-0.05, 0) is 81.0 Å². The van der Waals surface area contributed by atoms with Crippen LogP contribution in [0.1, 0.15) is 51.9 Å². The van der Waals surface area contributed by atoms with Gasteiger partial charge in [-0.1, -0.05) is 19.6 Å². The molecule has 5 aliphatic rings. The second kappa shape index (κ2) is 7.30. The van der Waals surface area contributed by atoms with Crippen LogP contribution >= 0.6 is 0 Å². The normalized spacial score (nSPS) is 45.8. The average Bonchev–Trinajstić information content (AvgIpc) is 3.39. The van der Waals surface area contributed by atoms with Crippen LogP contribution in [0, 0.1) is 35.5 Å². The van der Waals surface area contributed by atoms with Crippen molar-refractivity contribution < 1.29 is 30.0 Å². The van der Waals surface area contributed by atoms with Gasteiger partial charge in [0.2, 0.25) is 0 Å². The summed E-state index contributed by atoms with van der Waals surface area (Å²) in [5, 5.41) is 38.0. The SMILES string of the molecule is C=C(C)C(=O)O.C=CC(=O)O.OC12CC(C3CCCC31)C1C3CCC(C3)C12O. The zero-order valence-corrected chi connectivity index (χ0v) is 16.5. The smallest absolute Gasteiger partial charge is 0.330 e. The summed E-state index contributed by atoms with van der Waals surface area (Å²) >= 11 is 0. The molecule has 0 radical (unpaired) electrons. The molecule has 5 fully saturated rings. The summed E-state index contributed by atoms with van der Waals surface area (Å²) < 4.78 is 0. The van der Waals surface area contributed by atoms with Crippen molar-refractivity contribution in [2.75, 3.05) is 0 Å². The van der Waals surface area contributed by atoms with Gasteiger partial charge < -0.3 is 20.4 Å². The third kappa shape index (κ3) is 2.92. The minimum absolute atomic E-state index is 0.176. The highest BCUT2D eigenvalue weighted by molar-refractivity contribution is 5.84. The Bertz CT molecular complexity index is 675. The van der Waals surface area contributed by atoms with E-state index in [-0.39, 0.29) is 5.57 Å². The van der Waals surface area contributed by atoms with Gasteiger partial charge in [-0.25, -0.2) is 9.59 Å². The number of carbonyl (C=O) groups is 2. The lowest BCUT2D eigenvalue weighted by Crippen LogP contribution is -2.62. The van der Waals surface area contributed by atoms with Crippen molar-refractivity contribution in [2.45, 2.75) is 63.1 Å². The van der Waals surface area contributed by atoms with Gasteiger partial charge in [-0.15, -0.1) is 0 Å². The second-order valence-corrected chi connectivity index (χ2v) is 9.24. The summed E-state index contributed by atoms with van der Waals surface area (Å²) in [6, 6.07) is 0. The van der Waals surface area contributed by atoms with E-state index in [1.807, 2.05) is 0 Å². The molecule has 0 spiro atoms. The maximum atomic E-state index is 11.3. The summed E-state index contributed by atoms with van der Waals surface area (Å²) in [5.74, 6) is 1.57. The Morgan fingerprint density at radius 2 is 1.68 bits per heavy atom. The molecule has 6 nitrogen and oxygen atoms in total. The molecule has 28 heavy (non-hydrogen) atoms. The summed E-state index contributed by atoms with van der Waals surface area (Å²) in [6.45, 7) is 7.56. The van der Waals surface area contributed by atoms with Gasteiger partial charge in [0.05, 0.1) is 11.2 Å². The Morgan fingerprint density at radius 3 is 2.21 bits per heavy atom. The Kier molecular flexibility index (Phi) is 5.49. The molecule has 6 heteroatoms. The van der Waals surface area contributed by atoms with Crippen LogP contribution in [0.4, 0.5) is 0 Å². The lowest BCUT2D eigenvalue weighted by atomic mass is 9.59. The summed E-state index contributed by atoms with van der Waals surface area (Å²) in [7, 11) is 0. The minimum Gasteiger partial charge on any atom is -0.478 e. The highest BCUT2D eigenvalue weighted by atomic mass is 16.4. The number of hydrogen-bond acceptors (Lipinski definition) is 4. The summed E-state index contributed by atoms with van der Waals surface area (Å²) in [6.07, 6.45) is 9.24. The van der Waals surface area contributed by atoms with E-state index in [1.165, 1.54) is 45.4 Å². The molecule has 0 heterocycles. The molecule has 0 saturated heterocycles. The van der Waals surface area contributed by atoms with Crippen LogP contribution < -0.4 is 0 Å². The number of carboxylic acid groups (broad SMARTS) is 2. The zero-order valence-electron chi connectivity index (χ0n) is 16.5. The Morgan fingerprint density at radius 1 is 1.07 bits per heavy atom. The van der Waals surface area contributed by atoms with Gasteiger partial charge in [0.1, 0.15) is 0 Å². The number of carboxylic acids is 2. The van der Waals surface area contributed by atoms with Gasteiger partial charge in [0, 0.05) is 11.6 Å². The monoisotopic (exact) mass is 392 g/mol. The number of fused-ring (bicyclic) bond motifs is 12. The molecule has 8 atom stereocenters. The zero-order chi connectivity index (χ0) is 20.9. The van der Waals surface area contributed by atoms with Crippen molar-refractivity contribution in [3.63, 3.8) is 0 Å². The molecule has 5 aliphatic carbocycles. The molecule has 8 unspecified atom stereocenters. The van der Waals surface area contributed by atoms with Gasteiger partial charge in [0.25, 0.3) is 0 Å². The molecule has 0 aromatic carbocycles. The number of hydrogen-bond donors (Lipinski definition) is 4.